The van der Waals surface area contributed by atoms with Crippen LogP contribution < -0.4 is 15.8 Å². The Morgan fingerprint density at radius 2 is 1.84 bits per heavy atom. The Hall–Kier alpha value is -1.15. The van der Waals surface area contributed by atoms with Gasteiger partial charge in [0.15, 0.2) is 0 Å². The molecule has 0 unspecified atom stereocenters. The lowest BCUT2D eigenvalue weighted by Crippen LogP contribution is -2.45. The summed E-state index contributed by atoms with van der Waals surface area (Å²) in [6, 6.07) is 6.50. The molecule has 4 N–H and O–H groups in total. The second-order valence-electron chi connectivity index (χ2n) is 4.59. The van der Waals surface area contributed by atoms with Gasteiger partial charge in [0, 0.05) is 45.0 Å². The third-order valence-electron chi connectivity index (χ3n) is 3.15. The molecule has 0 amide bonds. The van der Waals surface area contributed by atoms with Crippen molar-refractivity contribution in [1.29, 1.82) is 0 Å². The first kappa shape index (κ1) is 14.3. The summed E-state index contributed by atoms with van der Waals surface area (Å²) >= 11 is 0. The van der Waals surface area contributed by atoms with E-state index in [9.17, 15) is 8.42 Å². The predicted octanol–water partition coefficient (Wildman–Crippen LogP) is -0.349. The van der Waals surface area contributed by atoms with Gasteiger partial charge in [-0.1, -0.05) is 0 Å². The zero-order valence-electron chi connectivity index (χ0n) is 10.8. The zero-order valence-corrected chi connectivity index (χ0v) is 11.6. The molecule has 0 radical (unpaired) electrons. The van der Waals surface area contributed by atoms with Gasteiger partial charge in [-0.15, -0.1) is 0 Å². The van der Waals surface area contributed by atoms with Gasteiger partial charge in [0.2, 0.25) is 10.0 Å². The molecule has 0 spiro atoms. The van der Waals surface area contributed by atoms with E-state index in [4.69, 9.17) is 5.14 Å². The van der Waals surface area contributed by atoms with Gasteiger partial charge in [-0.05, 0) is 24.3 Å². The van der Waals surface area contributed by atoms with Gasteiger partial charge < -0.3 is 10.6 Å². The fourth-order valence-corrected chi connectivity index (χ4v) is 2.57. The van der Waals surface area contributed by atoms with E-state index in [1.54, 1.807) is 12.1 Å². The number of nitrogens with zero attached hydrogens (tertiary/aromatic N) is 1. The van der Waals surface area contributed by atoms with E-state index >= 15 is 0 Å². The van der Waals surface area contributed by atoms with Gasteiger partial charge in [0.25, 0.3) is 0 Å². The van der Waals surface area contributed by atoms with E-state index < -0.39 is 10.0 Å². The van der Waals surface area contributed by atoms with Crippen LogP contribution in [0, 0.1) is 0 Å². The van der Waals surface area contributed by atoms with Crippen molar-refractivity contribution in [3.05, 3.63) is 24.3 Å². The second kappa shape index (κ2) is 6.33. The number of piperazine rings is 1. The predicted molar refractivity (Wildman–Crippen MR) is 75.6 cm³/mol. The standard InChI is InChI=1S/C12H20N4O2S/c13-19(17,18)12-3-1-11(2-4-12)15-7-10-16-8-5-14-6-9-16/h1-4,14-15H,5-10H2,(H2,13,17,18). The zero-order chi connectivity index (χ0) is 13.7. The Balaban J connectivity index is 1.80. The maximum absolute atomic E-state index is 11.1. The average Bonchev–Trinajstić information content (AvgIpc) is 2.39. The molecule has 106 valence electrons. The minimum absolute atomic E-state index is 0.139. The molecule has 0 atom stereocenters. The summed E-state index contributed by atoms with van der Waals surface area (Å²) in [5.41, 5.74) is 0.905. The van der Waals surface area contributed by atoms with Crippen molar-refractivity contribution in [2.24, 2.45) is 5.14 Å². The smallest absolute Gasteiger partial charge is 0.238 e. The van der Waals surface area contributed by atoms with Crippen LogP contribution in [-0.2, 0) is 10.0 Å². The van der Waals surface area contributed by atoms with Gasteiger partial charge in [0.1, 0.15) is 0 Å². The lowest BCUT2D eigenvalue weighted by atomic mass is 10.3. The first-order chi connectivity index (χ1) is 9.05. The highest BCUT2D eigenvalue weighted by Crippen LogP contribution is 2.12. The van der Waals surface area contributed by atoms with Crippen molar-refractivity contribution in [2.75, 3.05) is 44.6 Å². The molecule has 7 heteroatoms. The number of hydrogen-bond acceptors (Lipinski definition) is 5. The van der Waals surface area contributed by atoms with E-state index in [-0.39, 0.29) is 4.90 Å². The van der Waals surface area contributed by atoms with Crippen molar-refractivity contribution in [1.82, 2.24) is 10.2 Å². The molecule has 1 aromatic rings. The minimum atomic E-state index is -3.60. The maximum atomic E-state index is 11.1. The molecule has 1 aliphatic rings. The Labute approximate surface area is 114 Å². The first-order valence-electron chi connectivity index (χ1n) is 6.35. The summed E-state index contributed by atoms with van der Waals surface area (Å²) < 4.78 is 22.2. The Morgan fingerprint density at radius 3 is 2.42 bits per heavy atom. The highest BCUT2D eigenvalue weighted by Gasteiger charge is 2.09. The number of hydrogen-bond donors (Lipinski definition) is 3. The number of anilines is 1. The molecule has 0 bridgehead atoms. The van der Waals surface area contributed by atoms with Crippen LogP contribution >= 0.6 is 0 Å². The minimum Gasteiger partial charge on any atom is -0.384 e. The number of benzene rings is 1. The van der Waals surface area contributed by atoms with Crippen LogP contribution in [0.2, 0.25) is 0 Å². The summed E-state index contributed by atoms with van der Waals surface area (Å²) in [7, 11) is -3.60. The maximum Gasteiger partial charge on any atom is 0.238 e. The molecule has 2 rings (SSSR count). The van der Waals surface area contributed by atoms with Gasteiger partial charge >= 0.3 is 0 Å². The molecule has 0 saturated carbocycles. The highest BCUT2D eigenvalue weighted by molar-refractivity contribution is 7.89. The van der Waals surface area contributed by atoms with Gasteiger partial charge in [-0.25, -0.2) is 13.6 Å². The van der Waals surface area contributed by atoms with E-state index in [0.29, 0.717) is 0 Å². The molecule has 1 aromatic carbocycles. The third-order valence-corrected chi connectivity index (χ3v) is 4.08. The van der Waals surface area contributed by atoms with E-state index in [2.05, 4.69) is 15.5 Å². The van der Waals surface area contributed by atoms with Crippen LogP contribution in [0.3, 0.4) is 0 Å². The summed E-state index contributed by atoms with van der Waals surface area (Å²) in [5, 5.41) is 11.6. The molecule has 1 saturated heterocycles. The van der Waals surface area contributed by atoms with Crippen molar-refractivity contribution in [2.45, 2.75) is 4.90 Å². The summed E-state index contributed by atoms with van der Waals surface area (Å²) in [6.45, 7) is 6.07. The van der Waals surface area contributed by atoms with Crippen molar-refractivity contribution in [3.63, 3.8) is 0 Å². The average molecular weight is 284 g/mol. The van der Waals surface area contributed by atoms with Crippen LogP contribution in [0.15, 0.2) is 29.2 Å². The largest absolute Gasteiger partial charge is 0.384 e. The van der Waals surface area contributed by atoms with Gasteiger partial charge in [-0.3, -0.25) is 4.90 Å². The highest BCUT2D eigenvalue weighted by atomic mass is 32.2. The lowest BCUT2D eigenvalue weighted by Gasteiger charge is -2.27. The number of nitrogens with one attached hydrogen (secondary N) is 2. The fraction of sp³-hybridized carbons (Fsp3) is 0.500. The van der Waals surface area contributed by atoms with Crippen molar-refractivity contribution in [3.8, 4) is 0 Å². The van der Waals surface area contributed by atoms with Crippen LogP contribution in [0.5, 0.6) is 0 Å². The van der Waals surface area contributed by atoms with Crippen LogP contribution in [0.1, 0.15) is 0 Å². The summed E-state index contributed by atoms with van der Waals surface area (Å²) in [6.07, 6.45) is 0. The quantitative estimate of drug-likeness (QED) is 0.688. The molecule has 1 aliphatic heterocycles. The van der Waals surface area contributed by atoms with Crippen LogP contribution in [0.4, 0.5) is 5.69 Å². The first-order valence-corrected chi connectivity index (χ1v) is 7.90. The van der Waals surface area contributed by atoms with Crippen LogP contribution in [-0.4, -0.2) is 52.6 Å². The SMILES string of the molecule is NS(=O)(=O)c1ccc(NCCN2CCNCC2)cc1. The number of sulfonamides is 1. The Kier molecular flexibility index (Phi) is 4.76. The van der Waals surface area contributed by atoms with E-state index in [1.165, 1.54) is 12.1 Å². The Bertz CT molecular complexity index is 495. The molecule has 6 nitrogen and oxygen atoms in total. The summed E-state index contributed by atoms with van der Waals surface area (Å²) in [5.74, 6) is 0. The molecular formula is C12H20N4O2S. The summed E-state index contributed by atoms with van der Waals surface area (Å²) in [4.78, 5) is 2.53. The molecular weight excluding hydrogens is 264 g/mol. The Morgan fingerprint density at radius 1 is 1.21 bits per heavy atom. The number of primary sulfonamides is 1. The lowest BCUT2D eigenvalue weighted by molar-refractivity contribution is 0.249. The monoisotopic (exact) mass is 284 g/mol. The second-order valence-corrected chi connectivity index (χ2v) is 6.15. The van der Waals surface area contributed by atoms with Crippen LogP contribution in [0.25, 0.3) is 0 Å². The van der Waals surface area contributed by atoms with Gasteiger partial charge in [-0.2, -0.15) is 0 Å². The van der Waals surface area contributed by atoms with E-state index in [0.717, 1.165) is 45.0 Å². The van der Waals surface area contributed by atoms with Crippen molar-refractivity contribution >= 4 is 15.7 Å². The van der Waals surface area contributed by atoms with E-state index in [1.807, 2.05) is 0 Å². The molecule has 0 aliphatic carbocycles. The molecule has 19 heavy (non-hydrogen) atoms. The number of rotatable bonds is 5. The molecule has 1 fully saturated rings. The molecule has 0 aromatic heterocycles. The fourth-order valence-electron chi connectivity index (χ4n) is 2.06. The number of nitrogens with two attached hydrogens (primary N) is 1. The third kappa shape index (κ3) is 4.46. The topological polar surface area (TPSA) is 87.5 Å². The van der Waals surface area contributed by atoms with Crippen molar-refractivity contribution < 1.29 is 8.42 Å². The molecule has 1 heterocycles. The normalized spacial score (nSPS) is 17.3. The van der Waals surface area contributed by atoms with Gasteiger partial charge in [0.05, 0.1) is 4.90 Å².